The first-order valence-corrected chi connectivity index (χ1v) is 38.8. The molecule has 616 valence electrons. The number of hydrogen-bond donors (Lipinski definition) is 21. The highest BCUT2D eigenvalue weighted by Crippen LogP contribution is 2.40. The van der Waals surface area contributed by atoms with Crippen LogP contribution in [-0.2, 0) is 168 Å². The Hall–Kier alpha value is -2.03. The summed E-state index contributed by atoms with van der Waals surface area (Å²) in [7, 11) is -39.7. The van der Waals surface area contributed by atoms with Crippen molar-refractivity contribution in [3.8, 4) is 0 Å². The number of hydrogen-bond acceptors (Lipinski definition) is 49. The lowest BCUT2D eigenvalue weighted by atomic mass is 9.95. The van der Waals surface area contributed by atoms with Crippen LogP contribution >= 0.6 is 0 Å². The second-order valence-electron chi connectivity index (χ2n) is 23.4. The third kappa shape index (κ3) is 23.6. The van der Waals surface area contributed by atoms with Crippen molar-refractivity contribution in [3.05, 3.63) is 0 Å². The molecular formula is C42H70O56S7. The Balaban J connectivity index is 1.23. The van der Waals surface area contributed by atoms with Crippen LogP contribution in [0.3, 0.4) is 0 Å². The van der Waals surface area contributed by atoms with E-state index in [4.69, 9.17) is 66.3 Å². The normalized spacial score (nSPS) is 44.9. The van der Waals surface area contributed by atoms with Gasteiger partial charge in [-0.2, -0.15) is 58.9 Å². The Kier molecular flexibility index (Phi) is 29.3. The Morgan fingerprint density at radius 3 is 0.352 bits per heavy atom. The van der Waals surface area contributed by atoms with Gasteiger partial charge < -0.3 is 138 Å². The van der Waals surface area contributed by atoms with Gasteiger partial charge in [0, 0.05) is 0 Å². The molecule has 105 heavy (non-hydrogen) atoms. The number of ether oxygens (including phenoxy) is 14. The van der Waals surface area contributed by atoms with E-state index in [-0.39, 0.29) is 0 Å². The van der Waals surface area contributed by atoms with Gasteiger partial charge in [0.05, 0.1) is 46.2 Å². The number of rotatable bonds is 21. The fourth-order valence-corrected chi connectivity index (χ4v) is 13.5. The van der Waals surface area contributed by atoms with Gasteiger partial charge in [-0.15, -0.1) is 0 Å². The molecule has 21 heterocycles. The van der Waals surface area contributed by atoms with Crippen molar-refractivity contribution in [2.75, 3.05) is 46.2 Å². The van der Waals surface area contributed by atoms with Crippen LogP contribution in [0.2, 0.25) is 0 Å². The molecule has 21 fully saturated rings. The summed E-state index contributed by atoms with van der Waals surface area (Å²) in [4.78, 5) is 0. The van der Waals surface area contributed by atoms with Gasteiger partial charge in [-0.3, -0.25) is 31.9 Å². The highest BCUT2D eigenvalue weighted by Gasteiger charge is 2.61. The highest BCUT2D eigenvalue weighted by molar-refractivity contribution is 7.82. The monoisotopic (exact) mass is 1690 g/mol. The quantitative estimate of drug-likeness (QED) is 0.0475. The molecule has 21 aliphatic heterocycles. The molecule has 21 N–H and O–H groups in total. The summed E-state index contributed by atoms with van der Waals surface area (Å²) >= 11 is 0. The minimum absolute atomic E-state index is 1.65. The van der Waals surface area contributed by atoms with Crippen molar-refractivity contribution in [1.82, 2.24) is 0 Å². The zero-order valence-electron chi connectivity index (χ0n) is 51.7. The first kappa shape index (κ1) is 88.5. The summed E-state index contributed by atoms with van der Waals surface area (Å²) in [5.41, 5.74) is 0. The maximum absolute atomic E-state index is 12.0. The molecule has 35 unspecified atom stereocenters. The van der Waals surface area contributed by atoms with Crippen LogP contribution in [-0.4, -0.2) is 423 Å². The minimum atomic E-state index is -5.67. The van der Waals surface area contributed by atoms with E-state index in [1.165, 1.54) is 0 Å². The topological polar surface area (TPSA) is 858 Å². The summed E-state index contributed by atoms with van der Waals surface area (Å²) in [6.45, 7) is -11.6. The summed E-state index contributed by atoms with van der Waals surface area (Å²) in [6, 6.07) is 0. The molecule has 0 radical (unpaired) electrons. The van der Waals surface area contributed by atoms with E-state index in [9.17, 15) is 162 Å². The lowest BCUT2D eigenvalue weighted by Crippen LogP contribution is -2.68. The average molecular weight is 1700 g/mol. The summed E-state index contributed by atoms with van der Waals surface area (Å²) in [5.74, 6) is 0. The molecule has 21 saturated heterocycles. The minimum Gasteiger partial charge on any atom is -0.387 e. The SMILES string of the molecule is O=S(=O)(O)OCC1OC2OC3C(COS(=O)(=O)O)OC(OC4C(COS(=O)(=O)O)OC(OC5C(COS(=O)(=O)O)OC(OC6C(COS(=O)(=O)O)OC(OC7C(COS(=O)(=O)O)OC(OC8C(COS(=O)(=O)O)OC(OC1C(O)C2O)C(O)C8O)C(O)C7O)C(O)C6O)C(O)C5O)C(O)C4O)C(O)C3O. The molecule has 56 nitrogen and oxygen atoms in total. The van der Waals surface area contributed by atoms with Crippen molar-refractivity contribution in [2.24, 2.45) is 0 Å². The Morgan fingerprint density at radius 1 is 0.171 bits per heavy atom. The van der Waals surface area contributed by atoms with Crippen LogP contribution in [0, 0.1) is 0 Å². The summed E-state index contributed by atoms with van der Waals surface area (Å²) in [6.07, 6.45) is -93.1. The van der Waals surface area contributed by atoms with Crippen molar-refractivity contribution in [2.45, 2.75) is 215 Å². The molecule has 35 atom stereocenters. The van der Waals surface area contributed by atoms with Crippen LogP contribution in [0.5, 0.6) is 0 Å². The van der Waals surface area contributed by atoms with E-state index in [1.54, 1.807) is 0 Å². The van der Waals surface area contributed by atoms with Gasteiger partial charge in [0.1, 0.15) is 171 Å². The number of aliphatic hydroxyl groups excluding tert-OH is 14. The van der Waals surface area contributed by atoms with Crippen molar-refractivity contribution >= 4 is 72.8 Å². The fourth-order valence-electron chi connectivity index (χ4n) is 11.4. The number of aliphatic hydroxyl groups is 14. The summed E-state index contributed by atoms with van der Waals surface area (Å²) < 4.78 is 343. The second kappa shape index (κ2) is 34.7. The molecule has 0 amide bonds. The molecule has 21 aliphatic rings. The van der Waals surface area contributed by atoms with E-state index in [1.807, 2.05) is 0 Å². The maximum atomic E-state index is 12.0. The zero-order valence-corrected chi connectivity index (χ0v) is 57.4. The van der Waals surface area contributed by atoms with Gasteiger partial charge in [-0.1, -0.05) is 0 Å². The molecule has 0 aromatic heterocycles. The van der Waals surface area contributed by atoms with Gasteiger partial charge in [0.25, 0.3) is 0 Å². The third-order valence-electron chi connectivity index (χ3n) is 16.2. The largest absolute Gasteiger partial charge is 0.397 e. The standard InChI is InChI=1S/C42H70O56S7/c43-15-22(50)36-85-8(1-78-99(57,58)59)29(15)92-37-23(51)16(44)31(10(86-37)3-80-101(63,64)65)94-39-25(53)18(46)33(12(88-39)5-82-103(69,70)71)96-41-27(55)20(48)35(14(90-41)7-84-105(75,76)77)98-42-28(56)21(49)34(13(91-42)6-83-104(72,73)74)97-40-26(54)19(47)32(11(89-40)4-81-102(66,67)68)95-38-24(52)17(45)30(93-36)9(87-38)2-79-100(60,61)62/h8-56H,1-7H2,(H,57,58,59)(H,60,61,62)(H,63,64,65)(H,66,67,68)(H,69,70,71)(H,72,73,74)(H,75,76,77). The predicted molar refractivity (Wildman–Crippen MR) is 301 cm³/mol. The van der Waals surface area contributed by atoms with Crippen molar-refractivity contribution in [3.63, 3.8) is 0 Å². The van der Waals surface area contributed by atoms with Crippen LogP contribution in [0.4, 0.5) is 0 Å². The second-order valence-corrected chi connectivity index (χ2v) is 31.0. The Morgan fingerprint density at radius 2 is 0.267 bits per heavy atom. The van der Waals surface area contributed by atoms with Crippen LogP contribution < -0.4 is 0 Å². The van der Waals surface area contributed by atoms with Crippen LogP contribution in [0.25, 0.3) is 0 Å². The molecule has 0 aromatic carbocycles. The van der Waals surface area contributed by atoms with Crippen LogP contribution in [0.1, 0.15) is 0 Å². The fraction of sp³-hybridized carbons (Fsp3) is 1.00. The predicted octanol–water partition coefficient (Wildman–Crippen LogP) is -16.4. The first-order valence-electron chi connectivity index (χ1n) is 29.2. The third-order valence-corrected chi connectivity index (χ3v) is 19.2. The van der Waals surface area contributed by atoms with E-state index in [0.29, 0.717) is 0 Å². The van der Waals surface area contributed by atoms with E-state index in [0.717, 1.165) is 0 Å². The average Bonchev–Trinajstić information content (AvgIpc) is 0.820. The van der Waals surface area contributed by atoms with Gasteiger partial charge in [0.15, 0.2) is 44.0 Å². The molecule has 21 rings (SSSR count). The molecule has 63 heteroatoms. The van der Waals surface area contributed by atoms with Gasteiger partial charge >= 0.3 is 72.8 Å². The molecular weight excluding hydrogens is 1620 g/mol. The molecule has 0 saturated carbocycles. The van der Waals surface area contributed by atoms with Crippen molar-refractivity contribution in [1.29, 1.82) is 0 Å². The van der Waals surface area contributed by atoms with E-state index in [2.05, 4.69) is 29.3 Å². The van der Waals surface area contributed by atoms with Crippen LogP contribution in [0.15, 0.2) is 0 Å². The van der Waals surface area contributed by atoms with Crippen molar-refractivity contribution < 1.29 is 258 Å². The molecule has 14 bridgehead atoms. The Labute approximate surface area is 589 Å². The van der Waals surface area contributed by atoms with E-state index < -0.39 is 334 Å². The van der Waals surface area contributed by atoms with Gasteiger partial charge in [-0.05, 0) is 0 Å². The molecule has 0 spiro atoms. The maximum Gasteiger partial charge on any atom is 0.397 e. The Bertz CT molecular complexity index is 3040. The van der Waals surface area contributed by atoms with Gasteiger partial charge in [-0.25, -0.2) is 29.3 Å². The lowest BCUT2D eigenvalue weighted by molar-refractivity contribution is -0.395. The first-order chi connectivity index (χ1) is 48.2. The van der Waals surface area contributed by atoms with Gasteiger partial charge in [0.2, 0.25) is 0 Å². The summed E-state index contributed by atoms with van der Waals surface area (Å²) in [5, 5.41) is 163. The van der Waals surface area contributed by atoms with E-state index >= 15 is 0 Å². The molecule has 0 aliphatic carbocycles. The highest BCUT2D eigenvalue weighted by atomic mass is 32.3. The smallest absolute Gasteiger partial charge is 0.387 e. The zero-order chi connectivity index (χ0) is 78.5. The lowest BCUT2D eigenvalue weighted by Gasteiger charge is -2.50. The molecule has 0 aromatic rings.